The third-order valence-corrected chi connectivity index (χ3v) is 1.48. The molecule has 0 aromatic carbocycles. The van der Waals surface area contributed by atoms with Crippen LogP contribution >= 0.6 is 11.6 Å². The van der Waals surface area contributed by atoms with Crippen LogP contribution in [0.5, 0.6) is 0 Å². The lowest BCUT2D eigenvalue weighted by molar-refractivity contribution is -0.170. The zero-order chi connectivity index (χ0) is 10.1. The highest BCUT2D eigenvalue weighted by atomic mass is 35.5. The molecule has 0 aliphatic rings. The lowest BCUT2D eigenvalue weighted by Crippen LogP contribution is -2.24. The zero-order valence-electron chi connectivity index (χ0n) is 6.19. The first-order chi connectivity index (χ1) is 5.89. The molecule has 0 radical (unpaired) electrons. The van der Waals surface area contributed by atoms with E-state index in [0.29, 0.717) is 0 Å². The van der Waals surface area contributed by atoms with E-state index in [0.717, 1.165) is 0 Å². The molecular formula is C7H4ClF3O2. The van der Waals surface area contributed by atoms with Gasteiger partial charge in [0.1, 0.15) is 5.76 Å². The van der Waals surface area contributed by atoms with Crippen LogP contribution in [0, 0.1) is 0 Å². The maximum absolute atomic E-state index is 11.7. The van der Waals surface area contributed by atoms with E-state index >= 15 is 0 Å². The Morgan fingerprint density at radius 1 is 1.46 bits per heavy atom. The summed E-state index contributed by atoms with van der Waals surface area (Å²) in [4.78, 5) is 10.4. The highest BCUT2D eigenvalue weighted by Crippen LogP contribution is 2.20. The second-order valence-corrected chi connectivity index (χ2v) is 2.68. The van der Waals surface area contributed by atoms with Crippen molar-refractivity contribution in [3.05, 3.63) is 23.1 Å². The Labute approximate surface area is 76.3 Å². The third-order valence-electron chi connectivity index (χ3n) is 1.28. The van der Waals surface area contributed by atoms with Crippen molar-refractivity contribution in [1.82, 2.24) is 0 Å². The van der Waals surface area contributed by atoms with Crippen LogP contribution in [0.25, 0.3) is 0 Å². The molecule has 1 aromatic heterocycles. The van der Waals surface area contributed by atoms with Crippen LogP contribution in [0.15, 0.2) is 16.5 Å². The maximum Gasteiger partial charge on any atom is 0.450 e. The van der Waals surface area contributed by atoms with Crippen LogP contribution in [-0.4, -0.2) is 12.0 Å². The number of rotatable bonds is 2. The molecule has 0 fully saturated rings. The summed E-state index contributed by atoms with van der Waals surface area (Å²) in [5, 5.41) is -0.0371. The number of hydrogen-bond acceptors (Lipinski definition) is 2. The smallest absolute Gasteiger partial charge is 0.449 e. The van der Waals surface area contributed by atoms with Gasteiger partial charge in [-0.1, -0.05) is 0 Å². The van der Waals surface area contributed by atoms with E-state index in [1.165, 1.54) is 12.1 Å². The standard InChI is InChI=1S/C7H4ClF3O2/c8-6-2-1-4(13-6)3-5(12)7(9,10)11/h1-2H,3H2. The topological polar surface area (TPSA) is 30.2 Å². The summed E-state index contributed by atoms with van der Waals surface area (Å²) >= 11 is 5.30. The van der Waals surface area contributed by atoms with Gasteiger partial charge in [-0.05, 0) is 23.7 Å². The molecule has 0 amide bonds. The second-order valence-electron chi connectivity index (χ2n) is 2.30. The Hall–Kier alpha value is -0.970. The van der Waals surface area contributed by atoms with Crippen LogP contribution in [-0.2, 0) is 11.2 Å². The molecule has 2 nitrogen and oxygen atoms in total. The third kappa shape index (κ3) is 2.77. The molecular weight excluding hydrogens is 209 g/mol. The molecule has 0 unspecified atom stereocenters. The van der Waals surface area contributed by atoms with Crippen molar-refractivity contribution in [2.24, 2.45) is 0 Å². The predicted molar refractivity (Wildman–Crippen MR) is 38.5 cm³/mol. The number of carbonyl (C=O) groups is 1. The fourth-order valence-electron chi connectivity index (χ4n) is 0.705. The van der Waals surface area contributed by atoms with E-state index in [4.69, 9.17) is 11.6 Å². The minimum Gasteiger partial charge on any atom is -0.449 e. The predicted octanol–water partition coefficient (Wildman–Crippen LogP) is 2.61. The van der Waals surface area contributed by atoms with E-state index in [1.807, 2.05) is 0 Å². The van der Waals surface area contributed by atoms with Gasteiger partial charge in [-0.25, -0.2) is 0 Å². The highest BCUT2D eigenvalue weighted by molar-refractivity contribution is 6.28. The van der Waals surface area contributed by atoms with Crippen molar-refractivity contribution in [2.75, 3.05) is 0 Å². The molecule has 0 aliphatic carbocycles. The first-order valence-corrected chi connectivity index (χ1v) is 3.61. The van der Waals surface area contributed by atoms with Crippen LogP contribution in [0.3, 0.4) is 0 Å². The van der Waals surface area contributed by atoms with Crippen LogP contribution in [0.1, 0.15) is 5.76 Å². The van der Waals surface area contributed by atoms with Gasteiger partial charge in [0.05, 0.1) is 6.42 Å². The summed E-state index contributed by atoms with van der Waals surface area (Å²) in [6, 6.07) is 2.51. The van der Waals surface area contributed by atoms with Crippen molar-refractivity contribution < 1.29 is 22.4 Å². The van der Waals surface area contributed by atoms with E-state index in [2.05, 4.69) is 4.42 Å². The van der Waals surface area contributed by atoms with Crippen molar-refractivity contribution in [3.8, 4) is 0 Å². The summed E-state index contributed by atoms with van der Waals surface area (Å²) in [7, 11) is 0. The molecule has 6 heteroatoms. The summed E-state index contributed by atoms with van der Waals surface area (Å²) < 4.78 is 39.7. The van der Waals surface area contributed by atoms with E-state index in [1.54, 1.807) is 0 Å². The molecule has 72 valence electrons. The van der Waals surface area contributed by atoms with E-state index < -0.39 is 18.4 Å². The Bertz CT molecular complexity index is 316. The monoisotopic (exact) mass is 212 g/mol. The van der Waals surface area contributed by atoms with Crippen molar-refractivity contribution in [3.63, 3.8) is 0 Å². The fourth-order valence-corrected chi connectivity index (χ4v) is 0.867. The van der Waals surface area contributed by atoms with Gasteiger partial charge in [-0.15, -0.1) is 0 Å². The van der Waals surface area contributed by atoms with Crippen LogP contribution in [0.4, 0.5) is 13.2 Å². The van der Waals surface area contributed by atoms with Gasteiger partial charge < -0.3 is 4.42 Å². The lowest BCUT2D eigenvalue weighted by atomic mass is 10.2. The molecule has 0 atom stereocenters. The Morgan fingerprint density at radius 3 is 2.46 bits per heavy atom. The summed E-state index contributed by atoms with van der Waals surface area (Å²) in [6.07, 6.45) is -5.63. The van der Waals surface area contributed by atoms with Gasteiger partial charge in [0, 0.05) is 0 Å². The Morgan fingerprint density at radius 2 is 2.08 bits per heavy atom. The number of carbonyl (C=O) groups excluding carboxylic acids is 1. The molecule has 13 heavy (non-hydrogen) atoms. The highest BCUT2D eigenvalue weighted by Gasteiger charge is 2.38. The number of halogens is 4. The second kappa shape index (κ2) is 3.41. The van der Waals surface area contributed by atoms with Crippen molar-refractivity contribution in [2.45, 2.75) is 12.6 Å². The first-order valence-electron chi connectivity index (χ1n) is 3.24. The van der Waals surface area contributed by atoms with E-state index in [-0.39, 0.29) is 11.0 Å². The fraction of sp³-hybridized carbons (Fsp3) is 0.286. The van der Waals surface area contributed by atoms with Gasteiger partial charge in [0.25, 0.3) is 0 Å². The van der Waals surface area contributed by atoms with Gasteiger partial charge in [-0.3, -0.25) is 4.79 Å². The molecule has 0 saturated carbocycles. The minimum absolute atomic E-state index is 0.0371. The van der Waals surface area contributed by atoms with Crippen molar-refractivity contribution >= 4 is 17.4 Å². The Balaban J connectivity index is 2.65. The average Bonchev–Trinajstić information content (AvgIpc) is 2.33. The van der Waals surface area contributed by atoms with Gasteiger partial charge in [0.15, 0.2) is 5.22 Å². The first kappa shape index (κ1) is 10.1. The molecule has 0 spiro atoms. The largest absolute Gasteiger partial charge is 0.450 e. The molecule has 0 aliphatic heterocycles. The zero-order valence-corrected chi connectivity index (χ0v) is 6.95. The Kier molecular flexibility index (Phi) is 2.66. The summed E-state index contributed by atoms with van der Waals surface area (Å²) in [5.41, 5.74) is 0. The SMILES string of the molecule is O=C(Cc1ccc(Cl)o1)C(F)(F)F. The number of Topliss-reactive ketones (excluding diaryl/α,β-unsaturated/α-hetero) is 1. The van der Waals surface area contributed by atoms with Crippen LogP contribution < -0.4 is 0 Å². The molecule has 1 heterocycles. The molecule has 0 saturated heterocycles. The normalized spacial score (nSPS) is 11.7. The maximum atomic E-state index is 11.7. The summed E-state index contributed by atoms with van der Waals surface area (Å²) in [5.74, 6) is -1.94. The molecule has 1 aromatic rings. The quantitative estimate of drug-likeness (QED) is 0.754. The molecule has 0 N–H and O–H groups in total. The van der Waals surface area contributed by atoms with Crippen LogP contribution in [0.2, 0.25) is 5.22 Å². The van der Waals surface area contributed by atoms with E-state index in [9.17, 15) is 18.0 Å². The summed E-state index contributed by atoms with van der Waals surface area (Å²) in [6.45, 7) is 0. The lowest BCUT2D eigenvalue weighted by Gasteiger charge is -2.01. The van der Waals surface area contributed by atoms with Gasteiger partial charge in [-0.2, -0.15) is 13.2 Å². The molecule has 1 rings (SSSR count). The number of ketones is 1. The number of hydrogen-bond donors (Lipinski definition) is 0. The van der Waals surface area contributed by atoms with Gasteiger partial charge >= 0.3 is 6.18 Å². The minimum atomic E-state index is -4.82. The van der Waals surface area contributed by atoms with Crippen molar-refractivity contribution in [1.29, 1.82) is 0 Å². The molecule has 0 bridgehead atoms. The number of furan rings is 1. The van der Waals surface area contributed by atoms with Gasteiger partial charge in [0.2, 0.25) is 5.78 Å². The average molecular weight is 213 g/mol. The number of alkyl halides is 3.